The van der Waals surface area contributed by atoms with Gasteiger partial charge < -0.3 is 10.6 Å². The van der Waals surface area contributed by atoms with E-state index in [-0.39, 0.29) is 5.54 Å². The molecule has 0 bridgehead atoms. The number of nitrogens with two attached hydrogens (primary N) is 1. The molecule has 0 saturated heterocycles. The predicted octanol–water partition coefficient (Wildman–Crippen LogP) is 0.947. The van der Waals surface area contributed by atoms with Gasteiger partial charge in [-0.2, -0.15) is 0 Å². The van der Waals surface area contributed by atoms with E-state index in [0.29, 0.717) is 5.96 Å². The minimum absolute atomic E-state index is 0.109. The summed E-state index contributed by atoms with van der Waals surface area (Å²) in [6.07, 6.45) is 3.62. The summed E-state index contributed by atoms with van der Waals surface area (Å²) < 4.78 is 0. The summed E-state index contributed by atoms with van der Waals surface area (Å²) in [7, 11) is 0. The van der Waals surface area contributed by atoms with E-state index < -0.39 is 0 Å². The average molecular weight is 204 g/mol. The van der Waals surface area contributed by atoms with Gasteiger partial charge in [0.1, 0.15) is 0 Å². The molecule has 0 aromatic carbocycles. The molecule has 1 aliphatic rings. The highest BCUT2D eigenvalue weighted by atomic mass is 15.3. The molecular weight excluding hydrogens is 188 g/mol. The maximum Gasteiger partial charge on any atom is 0.192 e. The van der Waals surface area contributed by atoms with Crippen molar-refractivity contribution in [1.82, 2.24) is 9.88 Å². The second kappa shape index (κ2) is 3.53. The summed E-state index contributed by atoms with van der Waals surface area (Å²) >= 11 is 0. The molecule has 0 aliphatic carbocycles. The maximum atomic E-state index is 5.86. The normalized spacial score (nSPS) is 25.5. The van der Waals surface area contributed by atoms with Crippen LogP contribution in [0, 0.1) is 0 Å². The van der Waals surface area contributed by atoms with Crippen LogP contribution in [0.1, 0.15) is 19.4 Å². The van der Waals surface area contributed by atoms with Crippen LogP contribution in [0.4, 0.5) is 0 Å². The first kappa shape index (κ1) is 9.96. The van der Waals surface area contributed by atoms with Crippen molar-refractivity contribution < 1.29 is 0 Å². The van der Waals surface area contributed by atoms with Gasteiger partial charge in [0.25, 0.3) is 0 Å². The molecule has 1 unspecified atom stereocenters. The number of hydrogen-bond donors (Lipinski definition) is 1. The fraction of sp³-hybridized carbons (Fsp3) is 0.455. The highest BCUT2D eigenvalue weighted by Gasteiger charge is 2.38. The van der Waals surface area contributed by atoms with E-state index in [4.69, 9.17) is 5.73 Å². The fourth-order valence-electron chi connectivity index (χ4n) is 2.13. The molecular formula is C11H16N4. The Hall–Kier alpha value is -1.58. The summed E-state index contributed by atoms with van der Waals surface area (Å²) in [6.45, 7) is 5.84. The monoisotopic (exact) mass is 204 g/mol. The molecule has 1 aliphatic heterocycles. The number of nitrogens with zero attached hydrogens (tertiary/aromatic N) is 3. The van der Waals surface area contributed by atoms with Crippen molar-refractivity contribution in [3.05, 3.63) is 30.1 Å². The third kappa shape index (κ3) is 1.46. The van der Waals surface area contributed by atoms with Crippen molar-refractivity contribution in [2.45, 2.75) is 19.4 Å². The first-order chi connectivity index (χ1) is 7.18. The number of hydrogen-bond acceptors (Lipinski definition) is 4. The molecule has 0 fully saturated rings. The van der Waals surface area contributed by atoms with Crippen LogP contribution in [-0.4, -0.2) is 28.9 Å². The Morgan fingerprint density at radius 3 is 2.73 bits per heavy atom. The lowest BCUT2D eigenvalue weighted by Crippen LogP contribution is -2.47. The smallest absolute Gasteiger partial charge is 0.192 e. The van der Waals surface area contributed by atoms with Crippen LogP contribution in [0.25, 0.3) is 0 Å². The largest absolute Gasteiger partial charge is 0.370 e. The summed E-state index contributed by atoms with van der Waals surface area (Å²) in [5.74, 6) is 0.636. The van der Waals surface area contributed by atoms with Gasteiger partial charge in [-0.15, -0.1) is 0 Å². The Kier molecular flexibility index (Phi) is 2.34. The van der Waals surface area contributed by atoms with Crippen LogP contribution in [-0.2, 0) is 5.54 Å². The summed E-state index contributed by atoms with van der Waals surface area (Å²) in [5.41, 5.74) is 6.97. The SMILES string of the molecule is CCN1C(N)=NCC1(C)c1ccncc1. The average Bonchev–Trinajstić information content (AvgIpc) is 2.57. The van der Waals surface area contributed by atoms with Crippen molar-refractivity contribution in [2.24, 2.45) is 10.7 Å². The lowest BCUT2D eigenvalue weighted by Gasteiger charge is -2.35. The molecule has 1 atom stereocenters. The Balaban J connectivity index is 2.37. The predicted molar refractivity (Wildman–Crippen MR) is 60.5 cm³/mol. The molecule has 1 aromatic rings. The van der Waals surface area contributed by atoms with Gasteiger partial charge in [-0.1, -0.05) is 0 Å². The van der Waals surface area contributed by atoms with Gasteiger partial charge in [0.2, 0.25) is 0 Å². The molecule has 0 radical (unpaired) electrons. The third-order valence-electron chi connectivity index (χ3n) is 3.04. The topological polar surface area (TPSA) is 54.5 Å². The minimum Gasteiger partial charge on any atom is -0.370 e. The molecule has 80 valence electrons. The van der Waals surface area contributed by atoms with Gasteiger partial charge in [0.05, 0.1) is 12.1 Å². The van der Waals surface area contributed by atoms with Crippen molar-refractivity contribution in [1.29, 1.82) is 0 Å². The molecule has 2 rings (SSSR count). The minimum atomic E-state index is -0.109. The fourth-order valence-corrected chi connectivity index (χ4v) is 2.13. The Bertz CT molecular complexity index is 373. The van der Waals surface area contributed by atoms with Gasteiger partial charge in [-0.3, -0.25) is 9.98 Å². The number of aromatic nitrogens is 1. The van der Waals surface area contributed by atoms with E-state index in [0.717, 1.165) is 13.1 Å². The molecule has 0 amide bonds. The summed E-state index contributed by atoms with van der Waals surface area (Å²) in [4.78, 5) is 10.5. The number of guanidine groups is 1. The molecule has 15 heavy (non-hydrogen) atoms. The van der Waals surface area contributed by atoms with E-state index in [9.17, 15) is 0 Å². The molecule has 4 nitrogen and oxygen atoms in total. The van der Waals surface area contributed by atoms with Crippen LogP contribution in [0.5, 0.6) is 0 Å². The van der Waals surface area contributed by atoms with Crippen LogP contribution in [0.2, 0.25) is 0 Å². The zero-order valence-electron chi connectivity index (χ0n) is 9.14. The second-order valence-electron chi connectivity index (χ2n) is 3.93. The van der Waals surface area contributed by atoms with Gasteiger partial charge in [0, 0.05) is 18.9 Å². The van der Waals surface area contributed by atoms with Gasteiger partial charge in [0.15, 0.2) is 5.96 Å². The quantitative estimate of drug-likeness (QED) is 0.780. The first-order valence-electron chi connectivity index (χ1n) is 5.16. The van der Waals surface area contributed by atoms with Crippen LogP contribution < -0.4 is 5.73 Å². The first-order valence-corrected chi connectivity index (χ1v) is 5.16. The zero-order chi connectivity index (χ0) is 10.9. The van der Waals surface area contributed by atoms with Crippen LogP contribution in [0.15, 0.2) is 29.5 Å². The van der Waals surface area contributed by atoms with Crippen molar-refractivity contribution in [2.75, 3.05) is 13.1 Å². The lowest BCUT2D eigenvalue weighted by molar-refractivity contribution is 0.234. The van der Waals surface area contributed by atoms with E-state index in [1.165, 1.54) is 5.56 Å². The van der Waals surface area contributed by atoms with Crippen molar-refractivity contribution >= 4 is 5.96 Å². The molecule has 2 N–H and O–H groups in total. The number of rotatable bonds is 2. The number of aliphatic imine (C=N–C) groups is 1. The molecule has 1 aromatic heterocycles. The van der Waals surface area contributed by atoms with Crippen LogP contribution in [0.3, 0.4) is 0 Å². The second-order valence-corrected chi connectivity index (χ2v) is 3.93. The number of likely N-dealkylation sites (N-methyl/N-ethyl adjacent to an activating group) is 1. The van der Waals surface area contributed by atoms with E-state index in [1.807, 2.05) is 24.5 Å². The molecule has 0 saturated carbocycles. The van der Waals surface area contributed by atoms with Crippen molar-refractivity contribution in [3.8, 4) is 0 Å². The Morgan fingerprint density at radius 2 is 2.13 bits per heavy atom. The van der Waals surface area contributed by atoms with Gasteiger partial charge in [-0.05, 0) is 31.5 Å². The van der Waals surface area contributed by atoms with Crippen LogP contribution >= 0.6 is 0 Å². The highest BCUT2D eigenvalue weighted by molar-refractivity contribution is 5.81. The van der Waals surface area contributed by atoms with E-state index in [2.05, 4.69) is 28.7 Å². The highest BCUT2D eigenvalue weighted by Crippen LogP contribution is 2.31. The zero-order valence-corrected chi connectivity index (χ0v) is 9.14. The maximum absolute atomic E-state index is 5.86. The van der Waals surface area contributed by atoms with Gasteiger partial charge in [-0.25, -0.2) is 0 Å². The van der Waals surface area contributed by atoms with Crippen molar-refractivity contribution in [3.63, 3.8) is 0 Å². The van der Waals surface area contributed by atoms with Gasteiger partial charge >= 0.3 is 0 Å². The Morgan fingerprint density at radius 1 is 1.47 bits per heavy atom. The standard InChI is InChI=1S/C11H16N4/c1-3-15-10(12)14-8-11(15,2)9-4-6-13-7-5-9/h4-7H,3,8H2,1-2H3,(H2,12,14). The molecule has 4 heteroatoms. The molecule has 0 spiro atoms. The number of pyridine rings is 1. The van der Waals surface area contributed by atoms with E-state index >= 15 is 0 Å². The molecule has 2 heterocycles. The Labute approximate surface area is 89.8 Å². The summed E-state index contributed by atoms with van der Waals surface area (Å²) in [6, 6.07) is 4.05. The summed E-state index contributed by atoms with van der Waals surface area (Å²) in [5, 5.41) is 0. The third-order valence-corrected chi connectivity index (χ3v) is 3.04. The van der Waals surface area contributed by atoms with E-state index in [1.54, 1.807) is 0 Å². The lowest BCUT2D eigenvalue weighted by atomic mass is 9.92.